The lowest BCUT2D eigenvalue weighted by molar-refractivity contribution is -0.164. The molecule has 0 amide bonds. The molecular weight excluding hydrogens is 321 g/mol. The van der Waals surface area contributed by atoms with Crippen molar-refractivity contribution in [1.29, 1.82) is 5.26 Å². The number of anilines is 2. The Kier molecular flexibility index (Phi) is 3.90. The summed E-state index contributed by atoms with van der Waals surface area (Å²) >= 11 is 0. The van der Waals surface area contributed by atoms with Crippen molar-refractivity contribution < 1.29 is 22.0 Å². The van der Waals surface area contributed by atoms with Gasteiger partial charge in [-0.25, -0.2) is 13.5 Å². The van der Waals surface area contributed by atoms with E-state index in [0.717, 1.165) is 6.92 Å². The van der Waals surface area contributed by atoms with Crippen LogP contribution in [0.25, 0.3) is 11.3 Å². The Hall–Kier alpha value is -2.83. The number of benzene rings is 1. The minimum Gasteiger partial charge on any atom is -0.396 e. The molecular formula is C13H10F5N5. The first-order chi connectivity index (χ1) is 10.6. The monoisotopic (exact) mass is 331 g/mol. The number of aromatic nitrogens is 2. The number of halogens is 5. The van der Waals surface area contributed by atoms with Crippen LogP contribution in [0.4, 0.5) is 33.5 Å². The molecule has 0 bridgehead atoms. The highest BCUT2D eigenvalue weighted by Crippen LogP contribution is 2.36. The molecule has 1 atom stereocenters. The highest BCUT2D eigenvalue weighted by atomic mass is 19.4. The average molecular weight is 331 g/mol. The summed E-state index contributed by atoms with van der Waals surface area (Å²) in [7, 11) is 0. The summed E-state index contributed by atoms with van der Waals surface area (Å²) < 4.78 is 66.2. The maximum Gasteiger partial charge on any atom is 0.410 e. The third-order valence-corrected chi connectivity index (χ3v) is 3.24. The maximum atomic E-state index is 13.9. The van der Waals surface area contributed by atoms with Gasteiger partial charge in [-0.15, -0.1) is 0 Å². The molecule has 1 aromatic carbocycles. The number of nitrogens with zero attached hydrogens (tertiary/aromatic N) is 3. The molecule has 23 heavy (non-hydrogen) atoms. The quantitative estimate of drug-likeness (QED) is 0.653. The second kappa shape index (κ2) is 5.42. The van der Waals surface area contributed by atoms with Gasteiger partial charge in [-0.3, -0.25) is 0 Å². The summed E-state index contributed by atoms with van der Waals surface area (Å²) in [6.07, 6.45) is -4.69. The molecule has 0 fully saturated rings. The van der Waals surface area contributed by atoms with Crippen LogP contribution in [0.3, 0.4) is 0 Å². The molecule has 122 valence electrons. The van der Waals surface area contributed by atoms with Gasteiger partial charge in [-0.05, 0) is 13.0 Å². The lowest BCUT2D eigenvalue weighted by atomic mass is 10.1. The van der Waals surface area contributed by atoms with E-state index in [1.807, 2.05) is 0 Å². The second-order valence-electron chi connectivity index (χ2n) is 4.74. The molecule has 0 aliphatic heterocycles. The lowest BCUT2D eigenvalue weighted by Gasteiger charge is -2.17. The second-order valence-corrected chi connectivity index (χ2v) is 4.74. The van der Waals surface area contributed by atoms with E-state index in [0.29, 0.717) is 16.8 Å². The average Bonchev–Trinajstić information content (AvgIpc) is 2.77. The maximum absolute atomic E-state index is 13.9. The molecule has 10 heteroatoms. The van der Waals surface area contributed by atoms with E-state index < -0.39 is 52.2 Å². The minimum atomic E-state index is -4.69. The van der Waals surface area contributed by atoms with Gasteiger partial charge in [-0.1, -0.05) is 0 Å². The Morgan fingerprint density at radius 2 is 1.83 bits per heavy atom. The Labute approximate surface area is 126 Å². The first kappa shape index (κ1) is 16.5. The molecule has 1 aromatic heterocycles. The van der Waals surface area contributed by atoms with Crippen LogP contribution in [0, 0.1) is 23.0 Å². The van der Waals surface area contributed by atoms with Gasteiger partial charge in [-0.2, -0.15) is 23.5 Å². The fourth-order valence-electron chi connectivity index (χ4n) is 1.92. The van der Waals surface area contributed by atoms with Crippen LogP contribution < -0.4 is 11.5 Å². The van der Waals surface area contributed by atoms with E-state index in [4.69, 9.17) is 16.7 Å². The molecule has 5 nitrogen and oxygen atoms in total. The minimum absolute atomic E-state index is 0.349. The highest BCUT2D eigenvalue weighted by Gasteiger charge is 2.40. The van der Waals surface area contributed by atoms with E-state index >= 15 is 0 Å². The number of nitriles is 1. The van der Waals surface area contributed by atoms with Crippen LogP contribution in [0.5, 0.6) is 0 Å². The summed E-state index contributed by atoms with van der Waals surface area (Å²) in [5.41, 5.74) is 8.74. The van der Waals surface area contributed by atoms with Crippen molar-refractivity contribution in [1.82, 2.24) is 9.78 Å². The smallest absolute Gasteiger partial charge is 0.396 e. The SMILES string of the molecule is CC(n1nc(-c2cc(F)c(N)cc2F)c(C#N)c1N)C(F)(F)F. The Bertz CT molecular complexity index is 803. The van der Waals surface area contributed by atoms with Gasteiger partial charge in [0.25, 0.3) is 0 Å². The fraction of sp³-hybridized carbons (Fsp3) is 0.231. The summed E-state index contributed by atoms with van der Waals surface area (Å²) in [6, 6.07) is 0.702. The number of alkyl halides is 3. The predicted molar refractivity (Wildman–Crippen MR) is 71.9 cm³/mol. The Morgan fingerprint density at radius 1 is 1.22 bits per heavy atom. The number of hydrogen-bond donors (Lipinski definition) is 2. The van der Waals surface area contributed by atoms with Gasteiger partial charge >= 0.3 is 6.18 Å². The molecule has 1 unspecified atom stereocenters. The molecule has 2 aromatic rings. The van der Waals surface area contributed by atoms with Gasteiger partial charge in [0.05, 0.1) is 5.69 Å². The topological polar surface area (TPSA) is 93.6 Å². The number of hydrogen-bond acceptors (Lipinski definition) is 4. The largest absolute Gasteiger partial charge is 0.410 e. The van der Waals surface area contributed by atoms with Gasteiger partial charge in [0, 0.05) is 11.6 Å². The summed E-state index contributed by atoms with van der Waals surface area (Å²) in [5, 5.41) is 12.6. The number of nitrogen functional groups attached to an aromatic ring is 2. The summed E-state index contributed by atoms with van der Waals surface area (Å²) in [6.45, 7) is 0.772. The molecule has 0 aliphatic carbocycles. The summed E-state index contributed by atoms with van der Waals surface area (Å²) in [5.74, 6) is -2.63. The van der Waals surface area contributed by atoms with Crippen molar-refractivity contribution >= 4 is 11.5 Å². The highest BCUT2D eigenvalue weighted by molar-refractivity contribution is 5.74. The van der Waals surface area contributed by atoms with E-state index in [2.05, 4.69) is 5.10 Å². The predicted octanol–water partition coefficient (Wildman–Crippen LogP) is 2.99. The fourth-order valence-corrected chi connectivity index (χ4v) is 1.92. The Balaban J connectivity index is 2.71. The van der Waals surface area contributed by atoms with Crippen molar-refractivity contribution in [2.75, 3.05) is 11.5 Å². The van der Waals surface area contributed by atoms with E-state index in [1.54, 1.807) is 6.07 Å². The van der Waals surface area contributed by atoms with Crippen LogP contribution in [-0.4, -0.2) is 16.0 Å². The molecule has 0 radical (unpaired) electrons. The van der Waals surface area contributed by atoms with Crippen molar-refractivity contribution in [2.45, 2.75) is 19.1 Å². The zero-order chi connectivity index (χ0) is 17.5. The molecule has 0 saturated carbocycles. The van der Waals surface area contributed by atoms with Crippen molar-refractivity contribution in [3.05, 3.63) is 29.3 Å². The van der Waals surface area contributed by atoms with Crippen LogP contribution >= 0.6 is 0 Å². The molecule has 2 rings (SSSR count). The molecule has 4 N–H and O–H groups in total. The standard InChI is InChI=1S/C13H10F5N5/c1-5(13(16,17)18)23-12(21)7(4-19)11(22-23)6-2-9(15)10(20)3-8(6)14/h2-3,5H,20-21H2,1H3. The molecule has 0 saturated heterocycles. The molecule has 1 heterocycles. The number of nitrogens with two attached hydrogens (primary N) is 2. The van der Waals surface area contributed by atoms with Crippen molar-refractivity contribution in [2.24, 2.45) is 0 Å². The van der Waals surface area contributed by atoms with Gasteiger partial charge in [0.1, 0.15) is 40.8 Å². The zero-order valence-electron chi connectivity index (χ0n) is 11.6. The van der Waals surface area contributed by atoms with E-state index in [9.17, 15) is 22.0 Å². The lowest BCUT2D eigenvalue weighted by Crippen LogP contribution is -2.25. The molecule has 0 spiro atoms. The van der Waals surface area contributed by atoms with Crippen LogP contribution in [0.1, 0.15) is 18.5 Å². The first-order valence-electron chi connectivity index (χ1n) is 6.17. The van der Waals surface area contributed by atoms with Crippen LogP contribution in [-0.2, 0) is 0 Å². The van der Waals surface area contributed by atoms with Gasteiger partial charge in [0.15, 0.2) is 0 Å². The van der Waals surface area contributed by atoms with Crippen molar-refractivity contribution in [3.8, 4) is 17.3 Å². The third-order valence-electron chi connectivity index (χ3n) is 3.24. The Morgan fingerprint density at radius 3 is 2.35 bits per heavy atom. The van der Waals surface area contributed by atoms with Gasteiger partial charge in [0.2, 0.25) is 0 Å². The van der Waals surface area contributed by atoms with E-state index in [1.165, 1.54) is 0 Å². The van der Waals surface area contributed by atoms with Crippen LogP contribution in [0.15, 0.2) is 12.1 Å². The number of rotatable bonds is 2. The summed E-state index contributed by atoms with van der Waals surface area (Å²) in [4.78, 5) is 0. The molecule has 0 aliphatic rings. The normalized spacial score (nSPS) is 12.9. The van der Waals surface area contributed by atoms with Crippen LogP contribution in [0.2, 0.25) is 0 Å². The van der Waals surface area contributed by atoms with Gasteiger partial charge < -0.3 is 11.5 Å². The first-order valence-corrected chi connectivity index (χ1v) is 6.17. The zero-order valence-corrected chi connectivity index (χ0v) is 11.6. The van der Waals surface area contributed by atoms with Crippen molar-refractivity contribution in [3.63, 3.8) is 0 Å². The van der Waals surface area contributed by atoms with E-state index in [-0.39, 0.29) is 0 Å². The third kappa shape index (κ3) is 2.77.